The maximum atomic E-state index is 13.5. The lowest BCUT2D eigenvalue weighted by Crippen LogP contribution is -2.66. The van der Waals surface area contributed by atoms with Gasteiger partial charge in [0, 0.05) is 6.42 Å². The highest BCUT2D eigenvalue weighted by Gasteiger charge is 2.54. The van der Waals surface area contributed by atoms with Gasteiger partial charge < -0.3 is 89.9 Å². The molecule has 3 aliphatic heterocycles. The van der Waals surface area contributed by atoms with E-state index in [1.807, 2.05) is 6.08 Å². The van der Waals surface area contributed by atoms with Crippen molar-refractivity contribution in [3.63, 3.8) is 0 Å². The van der Waals surface area contributed by atoms with Crippen molar-refractivity contribution in [2.45, 2.75) is 529 Å². The van der Waals surface area contributed by atoms with E-state index in [9.17, 15) is 61.0 Å². The maximum absolute atomic E-state index is 13.5. The molecule has 0 saturated carbocycles. The van der Waals surface area contributed by atoms with Crippen LogP contribution in [-0.4, -0.2) is 193 Å². The van der Waals surface area contributed by atoms with Gasteiger partial charge in [-0.15, -0.1) is 0 Å². The van der Waals surface area contributed by atoms with Gasteiger partial charge in [-0.3, -0.25) is 4.79 Å². The minimum atomic E-state index is -1.98. The Bertz CT molecular complexity index is 2010. The van der Waals surface area contributed by atoms with Crippen LogP contribution in [0.25, 0.3) is 0 Å². The van der Waals surface area contributed by atoms with Crippen molar-refractivity contribution in [3.8, 4) is 0 Å². The summed E-state index contributed by atoms with van der Waals surface area (Å²) in [7, 11) is 0. The minimum Gasteiger partial charge on any atom is -0.394 e. The van der Waals surface area contributed by atoms with Crippen molar-refractivity contribution in [1.82, 2.24) is 5.32 Å². The topological polar surface area (TPSA) is 307 Å². The summed E-state index contributed by atoms with van der Waals surface area (Å²) in [6, 6.07) is -0.971. The van der Waals surface area contributed by atoms with E-state index in [1.165, 1.54) is 353 Å². The lowest BCUT2D eigenvalue weighted by Gasteiger charge is -2.48. The van der Waals surface area contributed by atoms with Crippen LogP contribution in [-0.2, 0) is 33.2 Å². The predicted molar refractivity (Wildman–Crippen MR) is 439 cm³/mol. The number of aliphatic hydroxyl groups is 11. The van der Waals surface area contributed by atoms with Crippen molar-refractivity contribution in [3.05, 3.63) is 12.2 Å². The van der Waals surface area contributed by atoms with Crippen molar-refractivity contribution in [1.29, 1.82) is 0 Å². The van der Waals surface area contributed by atoms with Gasteiger partial charge in [0.15, 0.2) is 18.9 Å². The highest BCUT2D eigenvalue weighted by Crippen LogP contribution is 2.34. The molecule has 3 rings (SSSR count). The second-order valence-corrected chi connectivity index (χ2v) is 33.5. The molecule has 1 amide bonds. The second-order valence-electron chi connectivity index (χ2n) is 33.5. The van der Waals surface area contributed by atoms with E-state index in [2.05, 4.69) is 19.2 Å². The van der Waals surface area contributed by atoms with Crippen LogP contribution in [0, 0.1) is 0 Å². The third-order valence-electron chi connectivity index (χ3n) is 23.6. The van der Waals surface area contributed by atoms with Crippen LogP contribution in [0.15, 0.2) is 12.2 Å². The number of nitrogens with one attached hydrogen (secondary N) is 1. The second kappa shape index (κ2) is 70.7. The number of carbonyl (C=O) groups excluding carboxylic acids is 1. The summed E-state index contributed by atoms with van der Waals surface area (Å²) in [4.78, 5) is 13.5. The normalized spacial score (nSPS) is 25.2. The Morgan fingerprint density at radius 3 is 0.862 bits per heavy atom. The van der Waals surface area contributed by atoms with Crippen LogP contribution >= 0.6 is 0 Å². The maximum Gasteiger partial charge on any atom is 0.220 e. The molecule has 0 aromatic heterocycles. The lowest BCUT2D eigenvalue weighted by atomic mass is 9.96. The first-order chi connectivity index (χ1) is 53.3. The minimum absolute atomic E-state index is 0.251. The molecule has 19 heteroatoms. The number of aliphatic hydroxyl groups excluding tert-OH is 11. The smallest absolute Gasteiger partial charge is 0.220 e. The first kappa shape index (κ1) is 102. The third-order valence-corrected chi connectivity index (χ3v) is 23.6. The molecule has 646 valence electrons. The SMILES string of the molecule is CCCCCCCCCCCCCCCCCCCCCCCCC/C=C/C(O)C(COC1OC(CO)C(OC2OC(CO)C(OC3OC(CO)C(O)C(O)C3O)C(O)C2O)C(O)C1O)NC(=O)CCCCCCCCCCCCCCCCCCCCCCCCCCCCCCCCCCCCCCCCC. The van der Waals surface area contributed by atoms with Crippen molar-refractivity contribution >= 4 is 5.91 Å². The van der Waals surface area contributed by atoms with Gasteiger partial charge in [-0.25, -0.2) is 0 Å². The molecule has 12 N–H and O–H groups in total. The molecule has 3 saturated heterocycles. The number of unbranched alkanes of at least 4 members (excludes halogenated alkanes) is 61. The molecule has 0 radical (unpaired) electrons. The van der Waals surface area contributed by atoms with Gasteiger partial charge in [-0.2, -0.15) is 0 Å². The van der Waals surface area contributed by atoms with Crippen LogP contribution in [0.5, 0.6) is 0 Å². The van der Waals surface area contributed by atoms with Crippen LogP contribution < -0.4 is 5.32 Å². The molecule has 17 atom stereocenters. The van der Waals surface area contributed by atoms with Gasteiger partial charge in [0.1, 0.15) is 73.2 Å². The summed E-state index contributed by atoms with van der Waals surface area (Å²) in [5.74, 6) is -0.264. The van der Waals surface area contributed by atoms with Gasteiger partial charge in [-0.05, 0) is 19.3 Å². The van der Waals surface area contributed by atoms with E-state index in [0.717, 1.165) is 44.9 Å². The summed E-state index contributed by atoms with van der Waals surface area (Å²) in [6.07, 6.45) is 61.0. The first-order valence-electron chi connectivity index (χ1n) is 46.4. The molecule has 3 heterocycles. The van der Waals surface area contributed by atoms with Gasteiger partial charge in [0.05, 0.1) is 38.6 Å². The van der Waals surface area contributed by atoms with Gasteiger partial charge >= 0.3 is 0 Å². The summed E-state index contributed by atoms with van der Waals surface area (Å²) in [5, 5.41) is 121. The lowest BCUT2D eigenvalue weighted by molar-refractivity contribution is -0.379. The van der Waals surface area contributed by atoms with E-state index in [-0.39, 0.29) is 18.9 Å². The number of carbonyl (C=O) groups is 1. The van der Waals surface area contributed by atoms with Crippen molar-refractivity contribution < 1.29 is 89.4 Å². The van der Waals surface area contributed by atoms with E-state index in [4.69, 9.17) is 28.4 Å². The molecule has 0 bridgehead atoms. The van der Waals surface area contributed by atoms with Gasteiger partial charge in [0.2, 0.25) is 5.91 Å². The van der Waals surface area contributed by atoms with Crippen LogP contribution in [0.4, 0.5) is 0 Å². The number of ether oxygens (including phenoxy) is 6. The van der Waals surface area contributed by atoms with Crippen LogP contribution in [0.2, 0.25) is 0 Å². The number of rotatable bonds is 77. The molecule has 0 spiro atoms. The highest BCUT2D eigenvalue weighted by atomic mass is 16.8. The average Bonchev–Trinajstić information content (AvgIpc) is 0.784. The van der Waals surface area contributed by atoms with Crippen molar-refractivity contribution in [2.75, 3.05) is 26.4 Å². The Morgan fingerprint density at radius 1 is 0.321 bits per heavy atom. The number of allylic oxidation sites excluding steroid dienone is 1. The van der Waals surface area contributed by atoms with Crippen LogP contribution in [0.3, 0.4) is 0 Å². The average molecular weight is 1560 g/mol. The molecule has 17 unspecified atom stereocenters. The zero-order valence-corrected chi connectivity index (χ0v) is 69.8. The van der Waals surface area contributed by atoms with Gasteiger partial charge in [-0.1, -0.05) is 411 Å². The molecule has 3 fully saturated rings. The van der Waals surface area contributed by atoms with Crippen molar-refractivity contribution in [2.24, 2.45) is 0 Å². The largest absolute Gasteiger partial charge is 0.394 e. The molecular formula is C90H173NO18. The van der Waals surface area contributed by atoms with Gasteiger partial charge in [0.25, 0.3) is 0 Å². The number of hydrogen-bond acceptors (Lipinski definition) is 18. The van der Waals surface area contributed by atoms with E-state index in [0.29, 0.717) is 6.42 Å². The monoisotopic (exact) mass is 1560 g/mol. The molecule has 0 aromatic rings. The fourth-order valence-electron chi connectivity index (χ4n) is 16.2. The number of amides is 1. The fraction of sp³-hybridized carbons (Fsp3) is 0.967. The Kier molecular flexibility index (Phi) is 66.0. The quantitative estimate of drug-likeness (QED) is 0.0199. The Balaban J connectivity index is 1.29. The molecule has 0 aromatic carbocycles. The predicted octanol–water partition coefficient (Wildman–Crippen LogP) is 17.9. The standard InChI is InChI=1S/C90H173NO18/c1-3-5-7-9-11-13-15-17-19-21-23-25-27-29-30-31-32-33-34-35-36-37-38-39-40-41-42-44-46-48-50-52-54-56-58-60-62-64-66-68-78(96)91-73(74(95)67-65-63-61-59-57-55-53-51-49-47-45-43-28-26-24-22-20-18-16-14-12-10-8-6-4-2)72-104-88-84(102)81(99)86(76(70-93)106-88)109-90-85(103)82(100)87(77(71-94)107-90)108-89-83(101)80(98)79(97)75(69-92)105-89/h65,67,73-77,79-90,92-95,97-103H,3-64,66,68-72H2,1-2H3,(H,91,96)/b67-65+. The first-order valence-corrected chi connectivity index (χ1v) is 46.4. The summed E-state index contributed by atoms with van der Waals surface area (Å²) in [6.45, 7) is 1.82. The summed E-state index contributed by atoms with van der Waals surface area (Å²) < 4.78 is 34.5. The van der Waals surface area contributed by atoms with Crippen LogP contribution in [0.1, 0.15) is 425 Å². The zero-order valence-electron chi connectivity index (χ0n) is 69.8. The molecule has 109 heavy (non-hydrogen) atoms. The molecule has 0 aliphatic carbocycles. The Morgan fingerprint density at radius 2 is 0.569 bits per heavy atom. The number of hydrogen-bond donors (Lipinski definition) is 12. The summed E-state index contributed by atoms with van der Waals surface area (Å²) in [5.41, 5.74) is 0. The Labute approximate surface area is 665 Å². The van der Waals surface area contributed by atoms with E-state index < -0.39 is 124 Å². The summed E-state index contributed by atoms with van der Waals surface area (Å²) >= 11 is 0. The fourth-order valence-corrected chi connectivity index (χ4v) is 16.2. The molecule has 19 nitrogen and oxygen atoms in total. The third kappa shape index (κ3) is 49.4. The molecular weight excluding hydrogens is 1380 g/mol. The van der Waals surface area contributed by atoms with E-state index in [1.54, 1.807) is 6.08 Å². The van der Waals surface area contributed by atoms with E-state index >= 15 is 0 Å². The molecule has 3 aliphatic rings. The highest BCUT2D eigenvalue weighted by molar-refractivity contribution is 5.76. The zero-order chi connectivity index (χ0) is 78.8. The Hall–Kier alpha value is -1.47.